The van der Waals surface area contributed by atoms with Gasteiger partial charge >= 0.3 is 0 Å². The van der Waals surface area contributed by atoms with E-state index in [1.807, 2.05) is 18.2 Å². The van der Waals surface area contributed by atoms with Gasteiger partial charge in [-0.2, -0.15) is 0 Å². The second-order valence-corrected chi connectivity index (χ2v) is 5.14. The van der Waals surface area contributed by atoms with E-state index in [4.69, 9.17) is 5.73 Å². The smallest absolute Gasteiger partial charge is 0.258 e. The summed E-state index contributed by atoms with van der Waals surface area (Å²) in [6, 6.07) is 7.74. The summed E-state index contributed by atoms with van der Waals surface area (Å²) in [6.45, 7) is 2.63. The third-order valence-electron chi connectivity index (χ3n) is 3.67. The lowest BCUT2D eigenvalue weighted by Gasteiger charge is -2.29. The Kier molecular flexibility index (Phi) is 3.31. The molecular formula is C14H18N4O. The molecule has 19 heavy (non-hydrogen) atoms. The summed E-state index contributed by atoms with van der Waals surface area (Å²) < 4.78 is 0. The van der Waals surface area contributed by atoms with Gasteiger partial charge in [-0.05, 0) is 25.0 Å². The molecule has 1 aromatic heterocycles. The topological polar surface area (TPSA) is 75.0 Å². The van der Waals surface area contributed by atoms with Crippen molar-refractivity contribution < 1.29 is 0 Å². The number of nitrogens with one attached hydrogen (secondary N) is 1. The van der Waals surface area contributed by atoms with Crippen LogP contribution in [0.4, 0.5) is 0 Å². The lowest BCUT2D eigenvalue weighted by atomic mass is 10.1. The summed E-state index contributed by atoms with van der Waals surface area (Å²) >= 11 is 0. The van der Waals surface area contributed by atoms with Crippen LogP contribution in [0.15, 0.2) is 29.1 Å². The van der Waals surface area contributed by atoms with E-state index in [9.17, 15) is 4.79 Å². The minimum atomic E-state index is -0.0608. The zero-order valence-corrected chi connectivity index (χ0v) is 10.8. The van der Waals surface area contributed by atoms with Gasteiger partial charge < -0.3 is 10.7 Å². The number of nitrogens with two attached hydrogens (primary N) is 1. The summed E-state index contributed by atoms with van der Waals surface area (Å²) in [7, 11) is 0. The number of hydrogen-bond acceptors (Lipinski definition) is 4. The van der Waals surface area contributed by atoms with Gasteiger partial charge in [0.1, 0.15) is 5.82 Å². The van der Waals surface area contributed by atoms with Crippen molar-refractivity contribution >= 4 is 10.9 Å². The van der Waals surface area contributed by atoms with Crippen LogP contribution in [0.3, 0.4) is 0 Å². The van der Waals surface area contributed by atoms with Crippen molar-refractivity contribution in [2.75, 3.05) is 13.1 Å². The highest BCUT2D eigenvalue weighted by Gasteiger charge is 2.17. The predicted octanol–water partition coefficient (Wildman–Crippen LogP) is 0.846. The van der Waals surface area contributed by atoms with Gasteiger partial charge in [0.15, 0.2) is 0 Å². The van der Waals surface area contributed by atoms with Gasteiger partial charge in [0.2, 0.25) is 0 Å². The molecule has 0 bridgehead atoms. The fourth-order valence-corrected chi connectivity index (χ4v) is 2.53. The van der Waals surface area contributed by atoms with Gasteiger partial charge in [-0.3, -0.25) is 9.69 Å². The van der Waals surface area contributed by atoms with Crippen LogP contribution in [0.2, 0.25) is 0 Å². The number of piperidine rings is 1. The molecule has 0 atom stereocenters. The highest BCUT2D eigenvalue weighted by Crippen LogP contribution is 2.11. The number of nitrogens with zero attached hydrogens (tertiary/aromatic N) is 2. The molecule has 0 aliphatic carbocycles. The van der Waals surface area contributed by atoms with Crippen LogP contribution in [0, 0.1) is 0 Å². The van der Waals surface area contributed by atoms with Gasteiger partial charge in [0.05, 0.1) is 17.4 Å². The molecule has 0 saturated carbocycles. The van der Waals surface area contributed by atoms with Gasteiger partial charge in [-0.15, -0.1) is 0 Å². The Morgan fingerprint density at radius 1 is 1.32 bits per heavy atom. The highest BCUT2D eigenvalue weighted by molar-refractivity contribution is 5.77. The lowest BCUT2D eigenvalue weighted by Crippen LogP contribution is -2.39. The standard InChI is InChI=1S/C14H18N4O/c15-10-5-7-18(8-6-10)9-13-16-12-4-2-1-3-11(12)14(19)17-13/h1-4,10H,5-9,15H2,(H,16,17,19). The lowest BCUT2D eigenvalue weighted by molar-refractivity contribution is 0.201. The number of para-hydroxylation sites is 1. The molecule has 1 saturated heterocycles. The summed E-state index contributed by atoms with van der Waals surface area (Å²) in [5.41, 5.74) is 6.59. The third-order valence-corrected chi connectivity index (χ3v) is 3.67. The number of benzene rings is 1. The normalized spacial score (nSPS) is 17.9. The van der Waals surface area contributed by atoms with E-state index in [0.29, 0.717) is 18.0 Å². The Labute approximate surface area is 111 Å². The van der Waals surface area contributed by atoms with Crippen LogP contribution in [-0.2, 0) is 6.54 Å². The maximum atomic E-state index is 12.0. The minimum absolute atomic E-state index is 0.0608. The highest BCUT2D eigenvalue weighted by atomic mass is 16.1. The Bertz CT molecular complexity index is 629. The van der Waals surface area contributed by atoms with Crippen molar-refractivity contribution in [3.05, 3.63) is 40.4 Å². The molecule has 3 rings (SSSR count). The number of aromatic amines is 1. The van der Waals surface area contributed by atoms with E-state index in [1.165, 1.54) is 0 Å². The number of rotatable bonds is 2. The number of H-pyrrole nitrogens is 1. The van der Waals surface area contributed by atoms with E-state index >= 15 is 0 Å². The van der Waals surface area contributed by atoms with Crippen molar-refractivity contribution in [2.45, 2.75) is 25.4 Å². The van der Waals surface area contributed by atoms with Crippen molar-refractivity contribution in [3.63, 3.8) is 0 Å². The maximum absolute atomic E-state index is 12.0. The van der Waals surface area contributed by atoms with Crippen molar-refractivity contribution in [2.24, 2.45) is 5.73 Å². The molecule has 100 valence electrons. The predicted molar refractivity (Wildman–Crippen MR) is 74.9 cm³/mol. The Hall–Kier alpha value is -1.72. The number of fused-ring (bicyclic) bond motifs is 1. The van der Waals surface area contributed by atoms with E-state index in [1.54, 1.807) is 6.07 Å². The molecule has 2 aromatic rings. The quantitative estimate of drug-likeness (QED) is 0.837. The Morgan fingerprint density at radius 2 is 2.05 bits per heavy atom. The SMILES string of the molecule is NC1CCN(Cc2nc3ccccc3c(=O)[nH]2)CC1. The first-order chi connectivity index (χ1) is 9.22. The van der Waals surface area contributed by atoms with Crippen LogP contribution in [0.25, 0.3) is 10.9 Å². The monoisotopic (exact) mass is 258 g/mol. The number of hydrogen-bond donors (Lipinski definition) is 2. The van der Waals surface area contributed by atoms with E-state index in [2.05, 4.69) is 14.9 Å². The number of aromatic nitrogens is 2. The van der Waals surface area contributed by atoms with Crippen LogP contribution in [0.5, 0.6) is 0 Å². The first-order valence-electron chi connectivity index (χ1n) is 6.68. The summed E-state index contributed by atoms with van der Waals surface area (Å²) in [5, 5.41) is 0.645. The maximum Gasteiger partial charge on any atom is 0.258 e. The minimum Gasteiger partial charge on any atom is -0.328 e. The zero-order chi connectivity index (χ0) is 13.2. The molecule has 1 aliphatic heterocycles. The van der Waals surface area contributed by atoms with Crippen molar-refractivity contribution in [3.8, 4) is 0 Å². The molecule has 1 fully saturated rings. The molecule has 3 N–H and O–H groups in total. The average Bonchev–Trinajstić information content (AvgIpc) is 2.42. The van der Waals surface area contributed by atoms with Crippen molar-refractivity contribution in [1.82, 2.24) is 14.9 Å². The van der Waals surface area contributed by atoms with Crippen LogP contribution in [0.1, 0.15) is 18.7 Å². The molecular weight excluding hydrogens is 240 g/mol. The number of likely N-dealkylation sites (tertiary alicyclic amines) is 1. The van der Waals surface area contributed by atoms with Gasteiger partial charge in [0.25, 0.3) is 5.56 Å². The molecule has 0 spiro atoms. The average molecular weight is 258 g/mol. The zero-order valence-electron chi connectivity index (χ0n) is 10.8. The first-order valence-corrected chi connectivity index (χ1v) is 6.68. The first kappa shape index (κ1) is 12.3. The Morgan fingerprint density at radius 3 is 2.84 bits per heavy atom. The third kappa shape index (κ3) is 2.67. The molecule has 0 amide bonds. The van der Waals surface area contributed by atoms with Gasteiger partial charge in [0, 0.05) is 19.1 Å². The second-order valence-electron chi connectivity index (χ2n) is 5.14. The fourth-order valence-electron chi connectivity index (χ4n) is 2.53. The van der Waals surface area contributed by atoms with Crippen LogP contribution >= 0.6 is 0 Å². The molecule has 0 unspecified atom stereocenters. The largest absolute Gasteiger partial charge is 0.328 e. The molecule has 0 radical (unpaired) electrons. The van der Waals surface area contributed by atoms with E-state index in [-0.39, 0.29) is 5.56 Å². The Balaban J connectivity index is 1.83. The molecule has 5 heteroatoms. The van der Waals surface area contributed by atoms with Gasteiger partial charge in [-0.25, -0.2) is 4.98 Å². The molecule has 1 aliphatic rings. The van der Waals surface area contributed by atoms with Crippen molar-refractivity contribution in [1.29, 1.82) is 0 Å². The summed E-state index contributed by atoms with van der Waals surface area (Å²) in [5.74, 6) is 0.735. The molecule has 1 aromatic carbocycles. The molecule has 5 nitrogen and oxygen atoms in total. The van der Waals surface area contributed by atoms with Crippen LogP contribution < -0.4 is 11.3 Å². The summed E-state index contributed by atoms with van der Waals surface area (Å²) in [6.07, 6.45) is 2.02. The van der Waals surface area contributed by atoms with E-state index in [0.717, 1.165) is 37.3 Å². The summed E-state index contributed by atoms with van der Waals surface area (Å²) in [4.78, 5) is 21.6. The van der Waals surface area contributed by atoms with Gasteiger partial charge in [-0.1, -0.05) is 12.1 Å². The second kappa shape index (κ2) is 5.11. The fraction of sp³-hybridized carbons (Fsp3) is 0.429. The molecule has 2 heterocycles. The van der Waals surface area contributed by atoms with E-state index < -0.39 is 0 Å². The van der Waals surface area contributed by atoms with Crippen LogP contribution in [-0.4, -0.2) is 34.0 Å².